The average molecular weight is 262 g/mol. The zero-order chi connectivity index (χ0) is 12.5. The molecule has 0 aliphatic rings. The standard InChI is InChI=1S/C12H7FN2O2S/c13-7-3-4-8-10(6-7)18-12(14-8)15-11(16)9-2-1-5-17-9/h1-6H,(H,14,15,16). The number of benzene rings is 1. The molecule has 1 amide bonds. The first-order chi connectivity index (χ1) is 8.72. The lowest BCUT2D eigenvalue weighted by Crippen LogP contribution is -2.10. The number of fused-ring (bicyclic) bond motifs is 1. The first-order valence-electron chi connectivity index (χ1n) is 5.13. The molecule has 2 aromatic heterocycles. The zero-order valence-corrected chi connectivity index (χ0v) is 9.83. The average Bonchev–Trinajstić information content (AvgIpc) is 2.95. The smallest absolute Gasteiger partial charge is 0.293 e. The van der Waals surface area contributed by atoms with Crippen LogP contribution >= 0.6 is 11.3 Å². The number of anilines is 1. The summed E-state index contributed by atoms with van der Waals surface area (Å²) in [5.74, 6) is -0.491. The fourth-order valence-corrected chi connectivity index (χ4v) is 2.40. The van der Waals surface area contributed by atoms with Crippen LogP contribution in [-0.2, 0) is 0 Å². The van der Waals surface area contributed by atoms with E-state index < -0.39 is 0 Å². The first kappa shape index (κ1) is 10.9. The largest absolute Gasteiger partial charge is 0.459 e. The first-order valence-corrected chi connectivity index (χ1v) is 5.95. The number of aromatic nitrogens is 1. The van der Waals surface area contributed by atoms with Gasteiger partial charge in [0.1, 0.15) is 5.82 Å². The van der Waals surface area contributed by atoms with Crippen molar-refractivity contribution in [3.05, 3.63) is 48.2 Å². The van der Waals surface area contributed by atoms with E-state index in [-0.39, 0.29) is 17.5 Å². The summed E-state index contributed by atoms with van der Waals surface area (Å²) < 4.78 is 18.7. The minimum absolute atomic E-state index is 0.209. The normalized spacial score (nSPS) is 10.7. The fourth-order valence-electron chi connectivity index (χ4n) is 1.52. The van der Waals surface area contributed by atoms with E-state index >= 15 is 0 Å². The summed E-state index contributed by atoms with van der Waals surface area (Å²) in [6.07, 6.45) is 1.42. The van der Waals surface area contributed by atoms with Crippen molar-refractivity contribution in [3.8, 4) is 0 Å². The summed E-state index contributed by atoms with van der Waals surface area (Å²) in [4.78, 5) is 15.9. The van der Waals surface area contributed by atoms with Crippen molar-refractivity contribution in [1.82, 2.24) is 4.98 Å². The Bertz CT molecular complexity index is 706. The molecule has 0 aliphatic heterocycles. The molecular formula is C12H7FN2O2S. The van der Waals surface area contributed by atoms with Crippen LogP contribution in [0.5, 0.6) is 0 Å². The number of rotatable bonds is 2. The van der Waals surface area contributed by atoms with Crippen LogP contribution in [0.1, 0.15) is 10.6 Å². The lowest BCUT2D eigenvalue weighted by atomic mass is 10.3. The maximum atomic E-state index is 13.0. The third kappa shape index (κ3) is 1.98. The SMILES string of the molecule is O=C(Nc1nc2ccc(F)cc2s1)c1ccco1. The number of nitrogens with zero attached hydrogens (tertiary/aromatic N) is 1. The molecule has 90 valence electrons. The predicted molar refractivity (Wildman–Crippen MR) is 66.2 cm³/mol. The minimum Gasteiger partial charge on any atom is -0.459 e. The maximum Gasteiger partial charge on any atom is 0.293 e. The van der Waals surface area contributed by atoms with Crippen LogP contribution in [-0.4, -0.2) is 10.9 Å². The second kappa shape index (κ2) is 4.23. The molecule has 0 saturated carbocycles. The molecule has 2 heterocycles. The molecule has 0 aliphatic carbocycles. The van der Waals surface area contributed by atoms with Crippen LogP contribution in [0, 0.1) is 5.82 Å². The number of carbonyl (C=O) groups excluding carboxylic acids is 1. The number of carbonyl (C=O) groups is 1. The molecular weight excluding hydrogens is 255 g/mol. The number of amides is 1. The summed E-state index contributed by atoms with van der Waals surface area (Å²) in [7, 11) is 0. The zero-order valence-electron chi connectivity index (χ0n) is 9.01. The molecule has 0 saturated heterocycles. The number of furan rings is 1. The quantitative estimate of drug-likeness (QED) is 0.771. The van der Waals surface area contributed by atoms with Crippen molar-refractivity contribution in [2.24, 2.45) is 0 Å². The van der Waals surface area contributed by atoms with E-state index in [9.17, 15) is 9.18 Å². The van der Waals surface area contributed by atoms with Gasteiger partial charge in [0.2, 0.25) is 0 Å². The van der Waals surface area contributed by atoms with Crippen LogP contribution in [0.4, 0.5) is 9.52 Å². The Balaban J connectivity index is 1.89. The highest BCUT2D eigenvalue weighted by Crippen LogP contribution is 2.26. The topological polar surface area (TPSA) is 55.1 Å². The van der Waals surface area contributed by atoms with E-state index in [0.717, 1.165) is 0 Å². The number of hydrogen-bond acceptors (Lipinski definition) is 4. The van der Waals surface area contributed by atoms with Crippen LogP contribution < -0.4 is 5.32 Å². The molecule has 1 aromatic carbocycles. The Hall–Kier alpha value is -2.21. The number of thiazole rings is 1. The summed E-state index contributed by atoms with van der Waals surface area (Å²) in [5.41, 5.74) is 0.649. The monoisotopic (exact) mass is 262 g/mol. The van der Waals surface area contributed by atoms with Gasteiger partial charge < -0.3 is 4.42 Å². The number of halogens is 1. The van der Waals surface area contributed by atoms with Gasteiger partial charge in [0.25, 0.3) is 5.91 Å². The molecule has 1 N–H and O–H groups in total. The van der Waals surface area contributed by atoms with Crippen molar-refractivity contribution in [3.63, 3.8) is 0 Å². The van der Waals surface area contributed by atoms with Gasteiger partial charge in [-0.1, -0.05) is 11.3 Å². The molecule has 0 unspecified atom stereocenters. The predicted octanol–water partition coefficient (Wildman–Crippen LogP) is 3.28. The van der Waals surface area contributed by atoms with Crippen LogP contribution in [0.15, 0.2) is 41.0 Å². The third-order valence-electron chi connectivity index (χ3n) is 2.32. The van der Waals surface area contributed by atoms with E-state index in [4.69, 9.17) is 4.42 Å². The lowest BCUT2D eigenvalue weighted by Gasteiger charge is -1.96. The third-order valence-corrected chi connectivity index (χ3v) is 3.25. The van der Waals surface area contributed by atoms with Crippen molar-refractivity contribution in [2.75, 3.05) is 5.32 Å². The van der Waals surface area contributed by atoms with Crippen molar-refractivity contribution in [1.29, 1.82) is 0 Å². The minimum atomic E-state index is -0.375. The van der Waals surface area contributed by atoms with Gasteiger partial charge in [-0.15, -0.1) is 0 Å². The van der Waals surface area contributed by atoms with Gasteiger partial charge in [0.15, 0.2) is 10.9 Å². The molecule has 18 heavy (non-hydrogen) atoms. The molecule has 0 bridgehead atoms. The Kier molecular flexibility index (Phi) is 2.56. The summed E-state index contributed by atoms with van der Waals surface area (Å²) in [6.45, 7) is 0. The van der Waals surface area contributed by atoms with Gasteiger partial charge in [-0.25, -0.2) is 9.37 Å². The molecule has 3 rings (SSSR count). The van der Waals surface area contributed by atoms with Gasteiger partial charge in [-0.3, -0.25) is 10.1 Å². The van der Waals surface area contributed by atoms with E-state index in [2.05, 4.69) is 10.3 Å². The lowest BCUT2D eigenvalue weighted by molar-refractivity contribution is 0.0996. The molecule has 3 aromatic rings. The Morgan fingerprint density at radius 2 is 2.28 bits per heavy atom. The van der Waals surface area contributed by atoms with Crippen LogP contribution in [0.2, 0.25) is 0 Å². The number of hydrogen-bond donors (Lipinski definition) is 1. The van der Waals surface area contributed by atoms with Gasteiger partial charge in [0.05, 0.1) is 16.5 Å². The van der Waals surface area contributed by atoms with Crippen molar-refractivity contribution in [2.45, 2.75) is 0 Å². The van der Waals surface area contributed by atoms with Gasteiger partial charge in [-0.2, -0.15) is 0 Å². The highest BCUT2D eigenvalue weighted by atomic mass is 32.1. The Morgan fingerprint density at radius 1 is 1.39 bits per heavy atom. The molecule has 0 radical (unpaired) electrons. The summed E-state index contributed by atoms with van der Waals surface area (Å²) in [5, 5.41) is 3.02. The van der Waals surface area contributed by atoms with Gasteiger partial charge >= 0.3 is 0 Å². The molecule has 0 spiro atoms. The molecule has 6 heteroatoms. The second-order valence-corrected chi connectivity index (χ2v) is 4.59. The molecule has 4 nitrogen and oxygen atoms in total. The Labute approximate surface area is 105 Å². The highest BCUT2D eigenvalue weighted by molar-refractivity contribution is 7.22. The Morgan fingerprint density at radius 3 is 3.06 bits per heavy atom. The van der Waals surface area contributed by atoms with E-state index in [1.165, 1.54) is 29.7 Å². The highest BCUT2D eigenvalue weighted by Gasteiger charge is 2.12. The molecule has 0 atom stereocenters. The van der Waals surface area contributed by atoms with E-state index in [1.54, 1.807) is 18.2 Å². The fraction of sp³-hybridized carbons (Fsp3) is 0. The van der Waals surface area contributed by atoms with Crippen LogP contribution in [0.25, 0.3) is 10.2 Å². The maximum absolute atomic E-state index is 13.0. The van der Waals surface area contributed by atoms with Crippen molar-refractivity contribution >= 4 is 32.6 Å². The number of nitrogens with one attached hydrogen (secondary N) is 1. The van der Waals surface area contributed by atoms with Gasteiger partial charge in [-0.05, 0) is 30.3 Å². The molecule has 0 fully saturated rings. The van der Waals surface area contributed by atoms with Crippen LogP contribution in [0.3, 0.4) is 0 Å². The summed E-state index contributed by atoms with van der Waals surface area (Å²) in [6, 6.07) is 7.48. The van der Waals surface area contributed by atoms with Gasteiger partial charge in [0, 0.05) is 0 Å². The van der Waals surface area contributed by atoms with E-state index in [1.807, 2.05) is 0 Å². The van der Waals surface area contributed by atoms with E-state index in [0.29, 0.717) is 15.3 Å². The summed E-state index contributed by atoms with van der Waals surface area (Å²) >= 11 is 1.21. The van der Waals surface area contributed by atoms with Crippen molar-refractivity contribution < 1.29 is 13.6 Å². The second-order valence-electron chi connectivity index (χ2n) is 3.56.